The molecule has 3 nitrogen and oxygen atoms in total. The van der Waals surface area contributed by atoms with Crippen LogP contribution in [0.4, 0.5) is 0 Å². The Balaban J connectivity index is 2.18. The molecule has 3 heteroatoms. The lowest BCUT2D eigenvalue weighted by Crippen LogP contribution is -2.58. The van der Waals surface area contributed by atoms with Crippen LogP contribution in [-0.4, -0.2) is 28.2 Å². The van der Waals surface area contributed by atoms with Crippen molar-refractivity contribution in [2.24, 2.45) is 11.3 Å². The van der Waals surface area contributed by atoms with E-state index in [1.54, 1.807) is 6.08 Å². The van der Waals surface area contributed by atoms with Gasteiger partial charge in [0.25, 0.3) is 0 Å². The Morgan fingerprint density at radius 1 is 1.39 bits per heavy atom. The minimum Gasteiger partial charge on any atom is -0.392 e. The average molecular weight is 250 g/mol. The van der Waals surface area contributed by atoms with E-state index in [4.69, 9.17) is 4.74 Å². The van der Waals surface area contributed by atoms with Gasteiger partial charge in [-0.1, -0.05) is 6.92 Å². The monoisotopic (exact) mass is 250 g/mol. The summed E-state index contributed by atoms with van der Waals surface area (Å²) in [5.41, 5.74) is -0.121. The third-order valence-corrected chi connectivity index (χ3v) is 5.68. The van der Waals surface area contributed by atoms with Gasteiger partial charge in [0.05, 0.1) is 17.3 Å². The molecular formula is C15H22O3. The van der Waals surface area contributed by atoms with Crippen molar-refractivity contribution in [3.8, 4) is 0 Å². The highest BCUT2D eigenvalue weighted by Gasteiger charge is 2.68. The summed E-state index contributed by atoms with van der Waals surface area (Å²) in [6.45, 7) is 8.21. The molecule has 0 aromatic heterocycles. The fraction of sp³-hybridized carbons (Fsp3) is 0.800. The van der Waals surface area contributed by atoms with Crippen LogP contribution in [0.3, 0.4) is 0 Å². The second-order valence-electron chi connectivity index (χ2n) is 7.07. The van der Waals surface area contributed by atoms with E-state index in [2.05, 4.69) is 13.8 Å². The molecule has 0 radical (unpaired) electrons. The standard InChI is InChI=1S/C15H22O3/c1-9-5-11(16)8-14(4)12(17)6-10-7-15(9,14)18-13(10,2)3/h5,10,12,17H,6-8H2,1-4H3/t10-,12+,14+,15+/m1/s1. The normalized spacial score (nSPS) is 49.8. The molecule has 0 aromatic rings. The summed E-state index contributed by atoms with van der Waals surface area (Å²) in [5.74, 6) is 0.489. The van der Waals surface area contributed by atoms with Gasteiger partial charge in [-0.05, 0) is 51.2 Å². The number of aliphatic hydroxyl groups excluding tert-OH is 1. The number of rotatable bonds is 0. The predicted octanol–water partition coefficient (Wildman–Crippen LogP) is 2.23. The molecule has 18 heavy (non-hydrogen) atoms. The fourth-order valence-electron chi connectivity index (χ4n) is 4.41. The molecule has 0 aromatic carbocycles. The highest BCUT2D eigenvalue weighted by atomic mass is 16.5. The van der Waals surface area contributed by atoms with Crippen LogP contribution in [0.2, 0.25) is 0 Å². The molecule has 100 valence electrons. The van der Waals surface area contributed by atoms with Gasteiger partial charge in [-0.3, -0.25) is 4.79 Å². The van der Waals surface area contributed by atoms with Gasteiger partial charge in [-0.2, -0.15) is 0 Å². The minimum absolute atomic E-state index is 0.117. The SMILES string of the molecule is CC1=CC(=O)C[C@@]2(C)[C@@H](O)C[C@@H]3C[C@]12OC3(C)C. The molecule has 4 atom stereocenters. The van der Waals surface area contributed by atoms with Crippen LogP contribution in [0.15, 0.2) is 11.6 Å². The average Bonchev–Trinajstić information content (AvgIpc) is 2.45. The second kappa shape index (κ2) is 3.26. The van der Waals surface area contributed by atoms with Gasteiger partial charge >= 0.3 is 0 Å². The van der Waals surface area contributed by atoms with Crippen molar-refractivity contribution >= 4 is 5.78 Å². The number of ether oxygens (including phenoxy) is 1. The molecule has 3 rings (SSSR count). The van der Waals surface area contributed by atoms with Crippen LogP contribution in [0.5, 0.6) is 0 Å². The maximum atomic E-state index is 11.9. The number of aliphatic hydroxyl groups is 1. The number of hydrogen-bond acceptors (Lipinski definition) is 3. The van der Waals surface area contributed by atoms with Crippen LogP contribution in [0, 0.1) is 11.3 Å². The van der Waals surface area contributed by atoms with Crippen molar-refractivity contribution in [2.45, 2.75) is 64.3 Å². The maximum absolute atomic E-state index is 11.9. The molecule has 1 aliphatic heterocycles. The number of carbonyl (C=O) groups excluding carboxylic acids is 1. The van der Waals surface area contributed by atoms with E-state index in [1.165, 1.54) is 0 Å². The van der Waals surface area contributed by atoms with Gasteiger partial charge in [-0.25, -0.2) is 0 Å². The minimum atomic E-state index is -0.465. The molecule has 1 heterocycles. The Morgan fingerprint density at radius 2 is 2.06 bits per heavy atom. The predicted molar refractivity (Wildman–Crippen MR) is 68.1 cm³/mol. The highest BCUT2D eigenvalue weighted by Crippen LogP contribution is 2.63. The Hall–Kier alpha value is -0.670. The number of ketones is 1. The molecule has 2 bridgehead atoms. The maximum Gasteiger partial charge on any atom is 0.156 e. The third-order valence-electron chi connectivity index (χ3n) is 5.68. The summed E-state index contributed by atoms with van der Waals surface area (Å²) in [4.78, 5) is 11.9. The van der Waals surface area contributed by atoms with Gasteiger partial charge in [0.2, 0.25) is 0 Å². The van der Waals surface area contributed by atoms with Crippen molar-refractivity contribution in [1.82, 2.24) is 0 Å². The lowest BCUT2D eigenvalue weighted by Gasteiger charge is -2.53. The first kappa shape index (κ1) is 12.4. The topological polar surface area (TPSA) is 46.5 Å². The highest BCUT2D eigenvalue weighted by molar-refractivity contribution is 5.92. The van der Waals surface area contributed by atoms with E-state index in [9.17, 15) is 9.90 Å². The zero-order chi connectivity index (χ0) is 13.3. The first-order chi connectivity index (χ1) is 8.21. The Bertz CT molecular complexity index is 451. The summed E-state index contributed by atoms with van der Waals surface area (Å²) in [7, 11) is 0. The molecule has 0 amide bonds. The Labute approximate surface area is 108 Å². The fourth-order valence-corrected chi connectivity index (χ4v) is 4.41. The van der Waals surface area contributed by atoms with Gasteiger partial charge in [0.1, 0.15) is 0 Å². The van der Waals surface area contributed by atoms with Crippen molar-refractivity contribution in [1.29, 1.82) is 0 Å². The molecule has 3 aliphatic rings. The molecule has 1 spiro atoms. The van der Waals surface area contributed by atoms with Crippen molar-refractivity contribution in [3.05, 3.63) is 11.6 Å². The van der Waals surface area contributed by atoms with Crippen LogP contribution < -0.4 is 0 Å². The first-order valence-corrected chi connectivity index (χ1v) is 6.81. The van der Waals surface area contributed by atoms with Gasteiger partial charge in [-0.15, -0.1) is 0 Å². The lowest BCUT2D eigenvalue weighted by atomic mass is 9.54. The van der Waals surface area contributed by atoms with E-state index < -0.39 is 17.1 Å². The Kier molecular flexibility index (Phi) is 2.24. The molecule has 1 saturated carbocycles. The molecule has 1 saturated heterocycles. The van der Waals surface area contributed by atoms with Crippen molar-refractivity contribution < 1.29 is 14.6 Å². The third kappa shape index (κ3) is 1.24. The van der Waals surface area contributed by atoms with Gasteiger partial charge in [0, 0.05) is 11.8 Å². The molecule has 1 N–H and O–H groups in total. The van der Waals surface area contributed by atoms with E-state index in [0.717, 1.165) is 18.4 Å². The first-order valence-electron chi connectivity index (χ1n) is 6.81. The zero-order valence-corrected chi connectivity index (χ0v) is 11.6. The van der Waals surface area contributed by atoms with Crippen molar-refractivity contribution in [3.63, 3.8) is 0 Å². The van der Waals surface area contributed by atoms with E-state index in [0.29, 0.717) is 12.3 Å². The molecule has 2 fully saturated rings. The molecule has 2 aliphatic carbocycles. The molecule has 0 unspecified atom stereocenters. The lowest BCUT2D eigenvalue weighted by molar-refractivity contribution is -0.167. The number of allylic oxidation sites excluding steroid dienone is 1. The number of carbonyl (C=O) groups is 1. The van der Waals surface area contributed by atoms with Gasteiger partial charge in [0.15, 0.2) is 5.78 Å². The second-order valence-corrected chi connectivity index (χ2v) is 7.07. The number of fused-ring (bicyclic) bond motifs is 1. The van der Waals surface area contributed by atoms with Crippen LogP contribution in [-0.2, 0) is 9.53 Å². The zero-order valence-electron chi connectivity index (χ0n) is 11.6. The van der Waals surface area contributed by atoms with E-state index >= 15 is 0 Å². The van der Waals surface area contributed by atoms with Gasteiger partial charge < -0.3 is 9.84 Å². The molecular weight excluding hydrogens is 228 g/mol. The summed E-state index contributed by atoms with van der Waals surface area (Å²) < 4.78 is 6.42. The Morgan fingerprint density at radius 3 is 2.72 bits per heavy atom. The van der Waals surface area contributed by atoms with E-state index in [1.807, 2.05) is 13.8 Å². The van der Waals surface area contributed by atoms with E-state index in [-0.39, 0.29) is 11.4 Å². The number of hydrogen-bond donors (Lipinski definition) is 1. The quantitative estimate of drug-likeness (QED) is 0.717. The van der Waals surface area contributed by atoms with Crippen LogP contribution >= 0.6 is 0 Å². The van der Waals surface area contributed by atoms with Crippen LogP contribution in [0.25, 0.3) is 0 Å². The summed E-state index contributed by atoms with van der Waals surface area (Å²) >= 11 is 0. The summed E-state index contributed by atoms with van der Waals surface area (Å²) in [6.07, 6.45) is 3.34. The van der Waals surface area contributed by atoms with Crippen molar-refractivity contribution in [2.75, 3.05) is 0 Å². The summed E-state index contributed by atoms with van der Waals surface area (Å²) in [6, 6.07) is 0. The largest absolute Gasteiger partial charge is 0.392 e. The van der Waals surface area contributed by atoms with Crippen LogP contribution in [0.1, 0.15) is 47.0 Å². The smallest absolute Gasteiger partial charge is 0.156 e. The summed E-state index contributed by atoms with van der Waals surface area (Å²) in [5, 5.41) is 10.5.